The number of fused-ring (bicyclic) bond motifs is 1. The van der Waals surface area contributed by atoms with E-state index in [0.717, 1.165) is 43.1 Å². The molecule has 2 aromatic rings. The van der Waals surface area contributed by atoms with Gasteiger partial charge in [-0.3, -0.25) is 0 Å². The van der Waals surface area contributed by atoms with E-state index in [1.165, 1.54) is 16.7 Å². The smallest absolute Gasteiger partial charge is 0.141 e. The van der Waals surface area contributed by atoms with E-state index in [4.69, 9.17) is 0 Å². The molecule has 0 radical (unpaired) electrons. The van der Waals surface area contributed by atoms with Crippen LogP contribution >= 0.6 is 11.3 Å². The second-order valence-electron chi connectivity index (χ2n) is 5.32. The maximum atomic E-state index is 4.61. The molecule has 108 valence electrons. The molecule has 2 aromatic heterocycles. The van der Waals surface area contributed by atoms with E-state index in [0.29, 0.717) is 6.04 Å². The number of aryl methyl sites for hydroxylation is 1. The Morgan fingerprint density at radius 1 is 1.40 bits per heavy atom. The maximum Gasteiger partial charge on any atom is 0.141 e. The topological polar surface area (TPSA) is 41.1 Å². The SMILES string of the molecule is CCCN(c1ncnc2sc(CC)cc12)C1CCNC1. The third kappa shape index (κ3) is 2.52. The Kier molecular flexibility index (Phi) is 4.17. The molecule has 0 saturated carbocycles. The van der Waals surface area contributed by atoms with Gasteiger partial charge in [0.25, 0.3) is 0 Å². The highest BCUT2D eigenvalue weighted by Crippen LogP contribution is 2.32. The molecule has 3 rings (SSSR count). The summed E-state index contributed by atoms with van der Waals surface area (Å²) in [6.07, 6.45) is 5.14. The van der Waals surface area contributed by atoms with Crippen molar-refractivity contribution in [3.8, 4) is 0 Å². The number of nitrogens with one attached hydrogen (secondary N) is 1. The van der Waals surface area contributed by atoms with E-state index < -0.39 is 0 Å². The van der Waals surface area contributed by atoms with E-state index in [1.807, 2.05) is 0 Å². The quantitative estimate of drug-likeness (QED) is 0.919. The van der Waals surface area contributed by atoms with E-state index in [-0.39, 0.29) is 0 Å². The second-order valence-corrected chi connectivity index (χ2v) is 6.44. The standard InChI is InChI=1S/C15H22N4S/c1-3-7-19(11-5-6-16-9-11)14-13-8-12(4-2)20-15(13)18-10-17-14/h8,10-11,16H,3-7,9H2,1-2H3. The number of rotatable bonds is 5. The van der Waals surface area contributed by atoms with Gasteiger partial charge in [0.2, 0.25) is 0 Å². The summed E-state index contributed by atoms with van der Waals surface area (Å²) in [5, 5.41) is 4.69. The average Bonchev–Trinajstić information content (AvgIpc) is 3.12. The Balaban J connectivity index is 2.02. The number of hydrogen-bond donors (Lipinski definition) is 1. The molecule has 0 aromatic carbocycles. The maximum absolute atomic E-state index is 4.61. The minimum atomic E-state index is 0.568. The zero-order valence-corrected chi connectivity index (χ0v) is 13.0. The monoisotopic (exact) mass is 290 g/mol. The van der Waals surface area contributed by atoms with Gasteiger partial charge in [-0.2, -0.15) is 0 Å². The molecule has 1 N–H and O–H groups in total. The summed E-state index contributed by atoms with van der Waals surface area (Å²) >= 11 is 1.80. The van der Waals surface area contributed by atoms with Gasteiger partial charge in [-0.1, -0.05) is 13.8 Å². The molecule has 0 bridgehead atoms. The van der Waals surface area contributed by atoms with Crippen molar-refractivity contribution in [3.63, 3.8) is 0 Å². The van der Waals surface area contributed by atoms with Crippen LogP contribution < -0.4 is 10.2 Å². The average molecular weight is 290 g/mol. The van der Waals surface area contributed by atoms with Crippen molar-refractivity contribution in [2.75, 3.05) is 24.5 Å². The first kappa shape index (κ1) is 13.8. The molecule has 1 unspecified atom stereocenters. The number of anilines is 1. The van der Waals surface area contributed by atoms with Gasteiger partial charge in [0.15, 0.2) is 0 Å². The largest absolute Gasteiger partial charge is 0.352 e. The first-order valence-corrected chi connectivity index (χ1v) is 8.36. The second kappa shape index (κ2) is 6.06. The highest BCUT2D eigenvalue weighted by atomic mass is 32.1. The van der Waals surface area contributed by atoms with Crippen LogP contribution in [0.25, 0.3) is 10.2 Å². The van der Waals surface area contributed by atoms with Crippen molar-refractivity contribution in [2.45, 2.75) is 39.2 Å². The van der Waals surface area contributed by atoms with Gasteiger partial charge in [0, 0.05) is 24.0 Å². The van der Waals surface area contributed by atoms with Gasteiger partial charge in [0.1, 0.15) is 17.0 Å². The molecule has 1 fully saturated rings. The highest BCUT2D eigenvalue weighted by molar-refractivity contribution is 7.18. The van der Waals surface area contributed by atoms with Crippen LogP contribution in [0.1, 0.15) is 31.6 Å². The molecule has 0 spiro atoms. The van der Waals surface area contributed by atoms with Gasteiger partial charge in [0.05, 0.1) is 5.39 Å². The molecule has 0 aliphatic carbocycles. The van der Waals surface area contributed by atoms with Crippen molar-refractivity contribution < 1.29 is 0 Å². The van der Waals surface area contributed by atoms with Crippen LogP contribution in [0, 0.1) is 0 Å². The lowest BCUT2D eigenvalue weighted by molar-refractivity contribution is 0.620. The lowest BCUT2D eigenvalue weighted by Gasteiger charge is -2.29. The van der Waals surface area contributed by atoms with Crippen LogP contribution in [-0.2, 0) is 6.42 Å². The van der Waals surface area contributed by atoms with Gasteiger partial charge in [-0.15, -0.1) is 11.3 Å². The first-order chi connectivity index (χ1) is 9.83. The van der Waals surface area contributed by atoms with Gasteiger partial charge < -0.3 is 10.2 Å². The van der Waals surface area contributed by atoms with E-state index in [1.54, 1.807) is 17.7 Å². The van der Waals surface area contributed by atoms with Crippen LogP contribution in [0.2, 0.25) is 0 Å². The molecule has 5 heteroatoms. The Morgan fingerprint density at radius 2 is 2.30 bits per heavy atom. The van der Waals surface area contributed by atoms with E-state index >= 15 is 0 Å². The normalized spacial score (nSPS) is 18.8. The number of aromatic nitrogens is 2. The van der Waals surface area contributed by atoms with Gasteiger partial charge in [-0.25, -0.2) is 9.97 Å². The fourth-order valence-corrected chi connectivity index (χ4v) is 3.83. The molecule has 1 saturated heterocycles. The fraction of sp³-hybridized carbons (Fsp3) is 0.600. The van der Waals surface area contributed by atoms with Crippen LogP contribution in [-0.4, -0.2) is 35.6 Å². The Bertz CT molecular complexity index is 574. The van der Waals surface area contributed by atoms with Crippen LogP contribution in [0.5, 0.6) is 0 Å². The third-order valence-corrected chi connectivity index (χ3v) is 5.11. The molecular weight excluding hydrogens is 268 g/mol. The van der Waals surface area contributed by atoms with Crippen molar-refractivity contribution in [1.82, 2.24) is 15.3 Å². The summed E-state index contributed by atoms with van der Waals surface area (Å²) in [6, 6.07) is 2.85. The van der Waals surface area contributed by atoms with Crippen molar-refractivity contribution in [2.24, 2.45) is 0 Å². The Labute approximate surface area is 124 Å². The van der Waals surface area contributed by atoms with Gasteiger partial charge in [-0.05, 0) is 31.9 Å². The highest BCUT2D eigenvalue weighted by Gasteiger charge is 2.24. The predicted molar refractivity (Wildman–Crippen MR) is 85.7 cm³/mol. The molecule has 1 aliphatic heterocycles. The van der Waals surface area contributed by atoms with Crippen LogP contribution in [0.4, 0.5) is 5.82 Å². The van der Waals surface area contributed by atoms with Gasteiger partial charge >= 0.3 is 0 Å². The zero-order chi connectivity index (χ0) is 13.9. The summed E-state index contributed by atoms with van der Waals surface area (Å²) in [7, 11) is 0. The molecule has 20 heavy (non-hydrogen) atoms. The Morgan fingerprint density at radius 3 is 3.00 bits per heavy atom. The van der Waals surface area contributed by atoms with Crippen molar-refractivity contribution in [1.29, 1.82) is 0 Å². The minimum Gasteiger partial charge on any atom is -0.352 e. The minimum absolute atomic E-state index is 0.568. The van der Waals surface area contributed by atoms with Crippen molar-refractivity contribution in [3.05, 3.63) is 17.3 Å². The molecule has 1 aliphatic rings. The summed E-state index contributed by atoms with van der Waals surface area (Å²) in [6.45, 7) is 7.68. The molecule has 3 heterocycles. The predicted octanol–water partition coefficient (Wildman–Crippen LogP) is 2.83. The summed E-state index contributed by atoms with van der Waals surface area (Å²) in [5.74, 6) is 1.13. The number of thiophene rings is 1. The molecular formula is C15H22N4S. The van der Waals surface area contributed by atoms with E-state index in [9.17, 15) is 0 Å². The number of nitrogens with zero attached hydrogens (tertiary/aromatic N) is 3. The summed E-state index contributed by atoms with van der Waals surface area (Å²) in [5.41, 5.74) is 0. The molecule has 0 amide bonds. The summed E-state index contributed by atoms with van der Waals surface area (Å²) in [4.78, 5) is 14.1. The van der Waals surface area contributed by atoms with Crippen LogP contribution in [0.15, 0.2) is 12.4 Å². The Hall–Kier alpha value is -1.20. The van der Waals surface area contributed by atoms with Crippen LogP contribution in [0.3, 0.4) is 0 Å². The number of hydrogen-bond acceptors (Lipinski definition) is 5. The fourth-order valence-electron chi connectivity index (χ4n) is 2.90. The zero-order valence-electron chi connectivity index (χ0n) is 12.2. The summed E-state index contributed by atoms with van der Waals surface area (Å²) < 4.78 is 0. The molecule has 4 nitrogen and oxygen atoms in total. The first-order valence-electron chi connectivity index (χ1n) is 7.54. The molecule has 1 atom stereocenters. The third-order valence-electron chi connectivity index (χ3n) is 3.92. The van der Waals surface area contributed by atoms with E-state index in [2.05, 4.69) is 40.1 Å². The lowest BCUT2D eigenvalue weighted by Crippen LogP contribution is -2.38. The van der Waals surface area contributed by atoms with Crippen molar-refractivity contribution >= 4 is 27.4 Å². The lowest BCUT2D eigenvalue weighted by atomic mass is 10.2.